The van der Waals surface area contributed by atoms with Gasteiger partial charge in [0.15, 0.2) is 5.78 Å². The lowest BCUT2D eigenvalue weighted by Gasteiger charge is -2.60. The molecule has 0 atom stereocenters. The van der Waals surface area contributed by atoms with Gasteiger partial charge < -0.3 is 4.98 Å². The van der Waals surface area contributed by atoms with Crippen LogP contribution >= 0.6 is 0 Å². The summed E-state index contributed by atoms with van der Waals surface area (Å²) in [6.07, 6.45) is 2.48. The molecule has 132 valence electrons. The first-order chi connectivity index (χ1) is 12.0. The van der Waals surface area contributed by atoms with Crippen molar-refractivity contribution in [2.24, 2.45) is 10.8 Å². The van der Waals surface area contributed by atoms with Gasteiger partial charge in [-0.1, -0.05) is 32.0 Å². The number of fused-ring (bicyclic) bond motifs is 1. The molecule has 0 amide bonds. The van der Waals surface area contributed by atoms with E-state index in [0.29, 0.717) is 11.9 Å². The Morgan fingerprint density at radius 2 is 1.60 bits per heavy atom. The Hall–Kier alpha value is -1.65. The first-order valence-corrected chi connectivity index (χ1v) is 9.85. The van der Waals surface area contributed by atoms with Crippen LogP contribution in [0.5, 0.6) is 0 Å². The number of piperidine rings is 2. The van der Waals surface area contributed by atoms with E-state index in [4.69, 9.17) is 0 Å². The SMILES string of the molecule is CCC12C[NH+]3CC(CC)(C[NH+](C1)C3c1c(C)[nH]c3ccccc13)C2=O. The lowest BCUT2D eigenvalue weighted by Crippen LogP contribution is -3.41. The Morgan fingerprint density at radius 3 is 2.16 bits per heavy atom. The van der Waals surface area contributed by atoms with E-state index in [0.717, 1.165) is 39.0 Å². The lowest BCUT2D eigenvalue weighted by molar-refractivity contribution is -1.18. The molecule has 0 saturated carbocycles. The molecule has 0 radical (unpaired) electrons. The zero-order valence-electron chi connectivity index (χ0n) is 15.5. The number of rotatable bonds is 3. The number of quaternary nitrogens is 2. The number of carbonyl (C=O) groups is 1. The summed E-state index contributed by atoms with van der Waals surface area (Å²) in [5.74, 6) is 0.589. The van der Waals surface area contributed by atoms with Crippen LogP contribution in [0.15, 0.2) is 24.3 Å². The Bertz CT molecular complexity index is 825. The number of aromatic amines is 1. The average Bonchev–Trinajstić information content (AvgIpc) is 2.94. The largest absolute Gasteiger partial charge is 0.358 e. The van der Waals surface area contributed by atoms with Crippen LogP contribution in [-0.4, -0.2) is 36.9 Å². The van der Waals surface area contributed by atoms with Crippen molar-refractivity contribution in [3.05, 3.63) is 35.5 Å². The topological polar surface area (TPSA) is 41.7 Å². The summed E-state index contributed by atoms with van der Waals surface area (Å²) < 4.78 is 0. The van der Waals surface area contributed by atoms with Crippen molar-refractivity contribution in [1.29, 1.82) is 0 Å². The van der Waals surface area contributed by atoms with Crippen LogP contribution in [0.1, 0.15) is 44.1 Å². The van der Waals surface area contributed by atoms with E-state index >= 15 is 0 Å². The molecule has 0 spiro atoms. The number of H-pyrrole nitrogens is 1. The van der Waals surface area contributed by atoms with Gasteiger partial charge in [0.2, 0.25) is 6.17 Å². The fourth-order valence-corrected chi connectivity index (χ4v) is 6.47. The van der Waals surface area contributed by atoms with Gasteiger partial charge in [-0.15, -0.1) is 0 Å². The maximum atomic E-state index is 13.3. The highest BCUT2D eigenvalue weighted by Gasteiger charge is 2.70. The van der Waals surface area contributed by atoms with Crippen molar-refractivity contribution in [3.8, 4) is 0 Å². The molecule has 25 heavy (non-hydrogen) atoms. The molecule has 4 aliphatic rings. The highest BCUT2D eigenvalue weighted by atomic mass is 16.1. The van der Waals surface area contributed by atoms with E-state index in [9.17, 15) is 4.79 Å². The second kappa shape index (κ2) is 4.95. The van der Waals surface area contributed by atoms with Crippen LogP contribution < -0.4 is 9.80 Å². The maximum Gasteiger partial charge on any atom is 0.242 e. The molecule has 4 heteroatoms. The average molecular weight is 339 g/mol. The molecule has 1 aromatic heterocycles. The molecule has 2 aromatic rings. The predicted octanol–water partition coefficient (Wildman–Crippen LogP) is 0.647. The summed E-state index contributed by atoms with van der Waals surface area (Å²) in [7, 11) is 0. The van der Waals surface area contributed by atoms with Crippen molar-refractivity contribution >= 4 is 16.7 Å². The smallest absolute Gasteiger partial charge is 0.242 e. The molecule has 4 aliphatic heterocycles. The standard InChI is InChI=1S/C21H27N3O/c1-4-20-10-23-12-21(5-2,19(20)25)13-24(11-20)18(23)17-14(3)22-16-9-7-6-8-15(16)17/h6-9,18,22H,4-5,10-13H2,1-3H3/p+2. The van der Waals surface area contributed by atoms with E-state index < -0.39 is 0 Å². The summed E-state index contributed by atoms with van der Waals surface area (Å²) in [6.45, 7) is 10.8. The van der Waals surface area contributed by atoms with Gasteiger partial charge in [-0.25, -0.2) is 0 Å². The number of nitrogens with one attached hydrogen (secondary N) is 3. The van der Waals surface area contributed by atoms with Gasteiger partial charge in [0.05, 0.1) is 5.56 Å². The second-order valence-corrected chi connectivity index (χ2v) is 8.76. The van der Waals surface area contributed by atoms with Gasteiger partial charge in [-0.05, 0) is 25.8 Å². The molecule has 4 saturated heterocycles. The third-order valence-electron chi connectivity index (χ3n) is 7.63. The third-order valence-corrected chi connectivity index (χ3v) is 7.63. The summed E-state index contributed by atoms with van der Waals surface area (Å²) >= 11 is 0. The number of benzene rings is 1. The minimum absolute atomic E-state index is 0.0757. The van der Waals surface area contributed by atoms with Crippen molar-refractivity contribution in [2.75, 3.05) is 26.2 Å². The Morgan fingerprint density at radius 1 is 1.04 bits per heavy atom. The number of hydrogen-bond acceptors (Lipinski definition) is 1. The molecule has 1 aromatic carbocycles. The molecule has 0 unspecified atom stereocenters. The third kappa shape index (κ3) is 1.82. The molecule has 3 N–H and O–H groups in total. The zero-order valence-corrected chi connectivity index (χ0v) is 15.5. The van der Waals surface area contributed by atoms with Crippen molar-refractivity contribution < 1.29 is 14.6 Å². The lowest BCUT2D eigenvalue weighted by atomic mass is 9.58. The van der Waals surface area contributed by atoms with Gasteiger partial charge >= 0.3 is 0 Å². The van der Waals surface area contributed by atoms with E-state index in [1.54, 1.807) is 9.80 Å². The molecule has 0 aliphatic carbocycles. The van der Waals surface area contributed by atoms with Crippen molar-refractivity contribution in [2.45, 2.75) is 39.8 Å². The highest BCUT2D eigenvalue weighted by Crippen LogP contribution is 2.41. The molecule has 5 heterocycles. The van der Waals surface area contributed by atoms with Gasteiger partial charge in [0.1, 0.15) is 37.0 Å². The number of hydrogen-bond donors (Lipinski definition) is 3. The fraction of sp³-hybridized carbons (Fsp3) is 0.571. The van der Waals surface area contributed by atoms with Crippen LogP contribution in [-0.2, 0) is 4.79 Å². The van der Waals surface area contributed by atoms with Crippen molar-refractivity contribution in [3.63, 3.8) is 0 Å². The van der Waals surface area contributed by atoms with Gasteiger partial charge in [0, 0.05) is 16.6 Å². The van der Waals surface area contributed by atoms with Crippen LogP contribution in [0.25, 0.3) is 10.9 Å². The second-order valence-electron chi connectivity index (χ2n) is 8.76. The van der Waals surface area contributed by atoms with Gasteiger partial charge in [-0.2, -0.15) is 0 Å². The normalized spacial score (nSPS) is 39.5. The zero-order chi connectivity index (χ0) is 17.4. The van der Waals surface area contributed by atoms with Crippen LogP contribution in [0.2, 0.25) is 0 Å². The van der Waals surface area contributed by atoms with Crippen LogP contribution in [0.3, 0.4) is 0 Å². The Balaban J connectivity index is 1.65. The highest BCUT2D eigenvalue weighted by molar-refractivity contribution is 5.92. The minimum Gasteiger partial charge on any atom is -0.358 e. The monoisotopic (exact) mass is 339 g/mol. The number of carbonyl (C=O) groups excluding carboxylic acids is 1. The fourth-order valence-electron chi connectivity index (χ4n) is 6.47. The van der Waals surface area contributed by atoms with Gasteiger partial charge in [-0.3, -0.25) is 14.6 Å². The van der Waals surface area contributed by atoms with E-state index in [2.05, 4.69) is 50.0 Å². The van der Waals surface area contributed by atoms with Crippen LogP contribution in [0, 0.1) is 17.8 Å². The van der Waals surface area contributed by atoms with Crippen molar-refractivity contribution in [1.82, 2.24) is 4.98 Å². The molecule has 4 fully saturated rings. The minimum atomic E-state index is -0.0757. The number of aromatic nitrogens is 1. The van der Waals surface area contributed by atoms with E-state index in [-0.39, 0.29) is 10.8 Å². The summed E-state index contributed by atoms with van der Waals surface area (Å²) in [5.41, 5.74) is 3.89. The van der Waals surface area contributed by atoms with E-state index in [1.165, 1.54) is 22.2 Å². The summed E-state index contributed by atoms with van der Waals surface area (Å²) in [5, 5.41) is 1.37. The molecule has 6 rings (SSSR count). The maximum absolute atomic E-state index is 13.3. The van der Waals surface area contributed by atoms with E-state index in [1.807, 2.05) is 0 Å². The van der Waals surface area contributed by atoms with Gasteiger partial charge in [0.25, 0.3) is 0 Å². The molecular formula is C21H29N3O+2. The Labute approximate surface area is 149 Å². The quantitative estimate of drug-likeness (QED) is 0.755. The molecule has 4 nitrogen and oxygen atoms in total. The van der Waals surface area contributed by atoms with Crippen LogP contribution in [0.4, 0.5) is 0 Å². The number of aryl methyl sites for hydroxylation is 1. The number of Topliss-reactive ketones (excluding diaryl/α,β-unsaturated/α-hetero) is 1. The molecular weight excluding hydrogens is 310 g/mol. The summed E-state index contributed by atoms with van der Waals surface area (Å²) in [4.78, 5) is 20.2. The predicted molar refractivity (Wildman–Crippen MR) is 97.6 cm³/mol. The summed E-state index contributed by atoms with van der Waals surface area (Å²) in [6, 6.07) is 8.70. The number of para-hydroxylation sites is 1. The first kappa shape index (κ1) is 15.6. The first-order valence-electron chi connectivity index (χ1n) is 9.85. The molecule has 4 bridgehead atoms. The number of ketones is 1. The Kier molecular flexibility index (Phi) is 3.09.